The Morgan fingerprint density at radius 3 is 2.39 bits per heavy atom. The van der Waals surface area contributed by atoms with Crippen molar-refractivity contribution in [1.82, 2.24) is 0 Å². The maximum Gasteiger partial charge on any atom is 0.106 e. The van der Waals surface area contributed by atoms with Gasteiger partial charge in [0.1, 0.15) is 5.82 Å². The lowest BCUT2D eigenvalue weighted by Gasteiger charge is -2.32. The van der Waals surface area contributed by atoms with Crippen LogP contribution in [0.4, 0.5) is 11.4 Å². The quantitative estimate of drug-likeness (QED) is 0.207. The molecule has 1 unspecified atom stereocenters. The first kappa shape index (κ1) is 25.0. The van der Waals surface area contributed by atoms with Crippen LogP contribution in [0.2, 0.25) is 0 Å². The van der Waals surface area contributed by atoms with Crippen LogP contribution in [-0.4, -0.2) is 13.1 Å². The van der Waals surface area contributed by atoms with Gasteiger partial charge in [-0.15, -0.1) is 13.2 Å². The highest BCUT2D eigenvalue weighted by atomic mass is 15.4. The third-order valence-corrected chi connectivity index (χ3v) is 6.54. The fraction of sp³-hybridized carbons (Fsp3) is 0.517. The van der Waals surface area contributed by atoms with Gasteiger partial charge in [-0.05, 0) is 63.5 Å². The van der Waals surface area contributed by atoms with Crippen molar-refractivity contribution in [2.75, 3.05) is 16.8 Å². The van der Waals surface area contributed by atoms with Gasteiger partial charge in [0.25, 0.3) is 0 Å². The Kier molecular flexibility index (Phi) is 10.2. The molecular weight excluding hydrogens is 376 g/mol. The number of fused-ring (bicyclic) bond motifs is 1. The summed E-state index contributed by atoms with van der Waals surface area (Å²) in [5.41, 5.74) is 6.56. The van der Waals surface area contributed by atoms with Crippen molar-refractivity contribution in [1.29, 1.82) is 0 Å². The van der Waals surface area contributed by atoms with Gasteiger partial charge in [0.2, 0.25) is 0 Å². The van der Waals surface area contributed by atoms with Crippen molar-refractivity contribution in [2.45, 2.75) is 90.5 Å². The number of unbranched alkanes of at least 4 members (excludes halogenated alkanes) is 6. The van der Waals surface area contributed by atoms with Crippen molar-refractivity contribution < 1.29 is 0 Å². The van der Waals surface area contributed by atoms with E-state index in [1.807, 2.05) is 6.08 Å². The number of hydrogen-bond acceptors (Lipinski definition) is 2. The molecule has 1 aromatic rings. The summed E-state index contributed by atoms with van der Waals surface area (Å²) < 4.78 is 0. The van der Waals surface area contributed by atoms with E-state index in [2.05, 4.69) is 75.2 Å². The molecule has 0 aromatic heterocycles. The van der Waals surface area contributed by atoms with Crippen LogP contribution in [0.3, 0.4) is 0 Å². The highest BCUT2D eigenvalue weighted by molar-refractivity contribution is 5.85. The number of rotatable bonds is 15. The molecular formula is C29H44N2. The van der Waals surface area contributed by atoms with E-state index in [0.29, 0.717) is 0 Å². The molecule has 170 valence electrons. The SMILES string of the molecule is C=CCCCCCCCCc1cccc2c1N(C)C(=C)N2C(CCC(=C)C)C(=C)CC. The summed E-state index contributed by atoms with van der Waals surface area (Å²) in [6.45, 7) is 21.1. The van der Waals surface area contributed by atoms with Crippen LogP contribution in [0.1, 0.15) is 83.6 Å². The van der Waals surface area contributed by atoms with Crippen molar-refractivity contribution in [3.8, 4) is 0 Å². The minimum atomic E-state index is 0.267. The fourth-order valence-electron chi connectivity index (χ4n) is 4.58. The second-order valence-electron chi connectivity index (χ2n) is 9.10. The Hall–Kier alpha value is -2.22. The maximum absolute atomic E-state index is 4.46. The molecule has 0 fully saturated rings. The molecule has 1 aromatic carbocycles. The van der Waals surface area contributed by atoms with E-state index >= 15 is 0 Å². The average molecular weight is 421 g/mol. The summed E-state index contributed by atoms with van der Waals surface area (Å²) in [4.78, 5) is 4.71. The van der Waals surface area contributed by atoms with Crippen molar-refractivity contribution in [2.24, 2.45) is 0 Å². The molecule has 0 radical (unpaired) electrons. The van der Waals surface area contributed by atoms with E-state index in [9.17, 15) is 0 Å². The lowest BCUT2D eigenvalue weighted by Crippen LogP contribution is -2.36. The van der Waals surface area contributed by atoms with E-state index in [-0.39, 0.29) is 6.04 Å². The lowest BCUT2D eigenvalue weighted by atomic mass is 9.96. The van der Waals surface area contributed by atoms with Crippen LogP contribution in [-0.2, 0) is 6.42 Å². The zero-order valence-corrected chi connectivity index (χ0v) is 20.4. The molecule has 31 heavy (non-hydrogen) atoms. The van der Waals surface area contributed by atoms with Gasteiger partial charge in [-0.3, -0.25) is 0 Å². The first-order valence-electron chi connectivity index (χ1n) is 12.2. The Labute approximate surface area is 192 Å². The van der Waals surface area contributed by atoms with Gasteiger partial charge in [-0.25, -0.2) is 0 Å². The van der Waals surface area contributed by atoms with Crippen molar-refractivity contribution in [3.05, 3.63) is 73.1 Å². The summed E-state index contributed by atoms with van der Waals surface area (Å²) in [6.07, 6.45) is 15.2. The zero-order valence-electron chi connectivity index (χ0n) is 20.4. The normalized spacial score (nSPS) is 14.0. The van der Waals surface area contributed by atoms with E-state index < -0.39 is 0 Å². The molecule has 0 saturated carbocycles. The lowest BCUT2D eigenvalue weighted by molar-refractivity contribution is 0.597. The monoisotopic (exact) mass is 420 g/mol. The number of allylic oxidation sites excluding steroid dienone is 2. The van der Waals surface area contributed by atoms with E-state index in [0.717, 1.165) is 37.9 Å². The molecule has 1 aliphatic rings. The summed E-state index contributed by atoms with van der Waals surface area (Å²) in [5.74, 6) is 1.06. The molecule has 0 saturated heterocycles. The standard InChI is InChI=1S/C29H44N2/c1-8-10-11-12-13-14-15-16-18-26-19-17-20-28-29(26)30(7)25(6)31(28)27(24(5)9-2)22-21-23(3)4/h8,17,19-20,27H,1,3,5-6,9-16,18,21-22H2,2,4,7H3. The number of nitrogens with zero attached hydrogens (tertiary/aromatic N) is 2. The van der Waals surface area contributed by atoms with Crippen LogP contribution in [0.15, 0.2) is 67.6 Å². The Balaban J connectivity index is 2.10. The fourth-order valence-corrected chi connectivity index (χ4v) is 4.58. The second kappa shape index (κ2) is 12.6. The highest BCUT2D eigenvalue weighted by Crippen LogP contribution is 2.45. The Morgan fingerprint density at radius 1 is 1.06 bits per heavy atom. The Bertz CT molecular complexity index is 773. The third kappa shape index (κ3) is 6.63. The number of para-hydroxylation sites is 1. The van der Waals surface area contributed by atoms with Crippen molar-refractivity contribution >= 4 is 11.4 Å². The minimum Gasteiger partial charge on any atom is -0.329 e. The van der Waals surface area contributed by atoms with Gasteiger partial charge in [-0.1, -0.05) is 75.1 Å². The van der Waals surface area contributed by atoms with Gasteiger partial charge in [-0.2, -0.15) is 0 Å². The van der Waals surface area contributed by atoms with Gasteiger partial charge in [0.05, 0.1) is 17.4 Å². The topological polar surface area (TPSA) is 6.48 Å². The number of aryl methyl sites for hydroxylation is 1. The summed E-state index contributed by atoms with van der Waals surface area (Å²) >= 11 is 0. The molecule has 1 atom stereocenters. The molecule has 1 aliphatic heterocycles. The van der Waals surface area contributed by atoms with Crippen LogP contribution in [0, 0.1) is 0 Å². The van der Waals surface area contributed by atoms with Gasteiger partial charge in [0, 0.05) is 7.05 Å². The zero-order chi connectivity index (χ0) is 22.8. The molecule has 1 heterocycles. The Morgan fingerprint density at radius 2 is 1.74 bits per heavy atom. The smallest absolute Gasteiger partial charge is 0.106 e. The van der Waals surface area contributed by atoms with Gasteiger partial charge < -0.3 is 9.80 Å². The number of benzene rings is 1. The van der Waals surface area contributed by atoms with E-state index in [1.165, 1.54) is 66.6 Å². The molecule has 2 nitrogen and oxygen atoms in total. The van der Waals surface area contributed by atoms with Gasteiger partial charge >= 0.3 is 0 Å². The maximum atomic E-state index is 4.46. The van der Waals surface area contributed by atoms with Crippen LogP contribution in [0.5, 0.6) is 0 Å². The first-order valence-corrected chi connectivity index (χ1v) is 12.2. The molecule has 0 aliphatic carbocycles. The van der Waals surface area contributed by atoms with Crippen LogP contribution in [0.25, 0.3) is 0 Å². The first-order chi connectivity index (χ1) is 14.9. The highest BCUT2D eigenvalue weighted by Gasteiger charge is 2.34. The van der Waals surface area contributed by atoms with Crippen LogP contribution < -0.4 is 9.80 Å². The largest absolute Gasteiger partial charge is 0.329 e. The summed E-state index contributed by atoms with van der Waals surface area (Å²) in [7, 11) is 2.16. The van der Waals surface area contributed by atoms with E-state index in [1.54, 1.807) is 0 Å². The summed E-state index contributed by atoms with van der Waals surface area (Å²) in [6, 6.07) is 7.04. The molecule has 0 N–H and O–H groups in total. The van der Waals surface area contributed by atoms with Gasteiger partial charge in [0.15, 0.2) is 0 Å². The number of anilines is 2. The second-order valence-corrected chi connectivity index (χ2v) is 9.10. The predicted octanol–water partition coefficient (Wildman–Crippen LogP) is 8.56. The third-order valence-electron chi connectivity index (χ3n) is 6.54. The van der Waals surface area contributed by atoms with Crippen LogP contribution >= 0.6 is 0 Å². The number of hydrogen-bond donors (Lipinski definition) is 0. The minimum absolute atomic E-state index is 0.267. The molecule has 2 rings (SSSR count). The predicted molar refractivity (Wildman–Crippen MR) is 140 cm³/mol. The van der Waals surface area contributed by atoms with E-state index in [4.69, 9.17) is 0 Å². The average Bonchev–Trinajstić information content (AvgIpc) is 3.01. The molecule has 0 bridgehead atoms. The molecule has 0 spiro atoms. The summed E-state index contributed by atoms with van der Waals surface area (Å²) in [5, 5.41) is 0. The molecule has 2 heteroatoms. The van der Waals surface area contributed by atoms with Crippen molar-refractivity contribution in [3.63, 3.8) is 0 Å². The molecule has 0 amide bonds.